The molecule has 0 aliphatic heterocycles. The van der Waals surface area contributed by atoms with Gasteiger partial charge in [0.25, 0.3) is 5.78 Å². The zero-order chi connectivity index (χ0) is 14.5. The summed E-state index contributed by atoms with van der Waals surface area (Å²) in [5.74, 6) is -2.03. The van der Waals surface area contributed by atoms with Crippen molar-refractivity contribution in [1.82, 2.24) is 5.32 Å². The largest absolute Gasteiger partial charge is 0.454 e. The first-order chi connectivity index (χ1) is 8.80. The number of nitrogens with one attached hydrogen (secondary N) is 1. The van der Waals surface area contributed by atoms with E-state index in [9.17, 15) is 22.8 Å². The Labute approximate surface area is 108 Å². The average molecular weight is 271 g/mol. The van der Waals surface area contributed by atoms with Crippen LogP contribution in [0, 0.1) is 0 Å². The van der Waals surface area contributed by atoms with E-state index in [1.165, 1.54) is 19.1 Å². The Bertz CT molecular complexity index is 490. The van der Waals surface area contributed by atoms with Gasteiger partial charge >= 0.3 is 6.18 Å². The highest BCUT2D eigenvalue weighted by atomic mass is 19.4. The summed E-state index contributed by atoms with van der Waals surface area (Å²) >= 11 is 0. The van der Waals surface area contributed by atoms with Gasteiger partial charge in [-0.2, -0.15) is 13.2 Å². The van der Waals surface area contributed by atoms with Crippen molar-refractivity contribution in [3.8, 4) is 0 Å². The highest BCUT2D eigenvalue weighted by molar-refractivity contribution is 6.00. The summed E-state index contributed by atoms with van der Waals surface area (Å²) < 4.78 is 36.5. The predicted octanol–water partition coefficient (Wildman–Crippen LogP) is 2.58. The topological polar surface area (TPSA) is 46.2 Å². The Kier molecular flexibility index (Phi) is 4.86. The normalized spacial score (nSPS) is 11.6. The molecule has 0 heterocycles. The van der Waals surface area contributed by atoms with Crippen molar-refractivity contribution in [2.75, 3.05) is 6.54 Å². The first-order valence-corrected chi connectivity index (χ1v) is 5.43. The first kappa shape index (κ1) is 14.9. The van der Waals surface area contributed by atoms with Gasteiger partial charge in [0.2, 0.25) is 5.91 Å². The smallest absolute Gasteiger partial charge is 0.353 e. The summed E-state index contributed by atoms with van der Waals surface area (Å²) in [6, 6.07) is 5.05. The summed E-state index contributed by atoms with van der Waals surface area (Å²) in [4.78, 5) is 21.5. The number of rotatable bonds is 4. The minimum absolute atomic E-state index is 0.171. The number of carbonyl (C=O) groups is 2. The van der Waals surface area contributed by atoms with E-state index in [1.54, 1.807) is 12.2 Å². The van der Waals surface area contributed by atoms with Crippen molar-refractivity contribution in [2.24, 2.45) is 0 Å². The Balaban J connectivity index is 2.67. The highest BCUT2D eigenvalue weighted by Gasteiger charge is 2.38. The lowest BCUT2D eigenvalue weighted by atomic mass is 10.1. The summed E-state index contributed by atoms with van der Waals surface area (Å²) in [7, 11) is 0. The van der Waals surface area contributed by atoms with E-state index >= 15 is 0 Å². The van der Waals surface area contributed by atoms with Crippen molar-refractivity contribution in [3.63, 3.8) is 0 Å². The number of ketones is 1. The zero-order valence-corrected chi connectivity index (χ0v) is 10.1. The van der Waals surface area contributed by atoms with Gasteiger partial charge in [-0.1, -0.05) is 36.4 Å². The molecule has 0 unspecified atom stereocenters. The fourth-order valence-electron chi connectivity index (χ4n) is 1.31. The SMILES string of the molecule is CC(=O)NCC=Cc1ccc(C(=O)C(F)(F)F)cc1. The van der Waals surface area contributed by atoms with Gasteiger partial charge in [-0.3, -0.25) is 9.59 Å². The van der Waals surface area contributed by atoms with E-state index < -0.39 is 17.5 Å². The van der Waals surface area contributed by atoms with Gasteiger partial charge < -0.3 is 5.32 Å². The summed E-state index contributed by atoms with van der Waals surface area (Å²) in [6.45, 7) is 1.71. The van der Waals surface area contributed by atoms with Gasteiger partial charge in [0.1, 0.15) is 0 Å². The van der Waals surface area contributed by atoms with E-state index in [4.69, 9.17) is 0 Å². The minimum atomic E-state index is -4.86. The lowest BCUT2D eigenvalue weighted by Gasteiger charge is -2.04. The lowest BCUT2D eigenvalue weighted by Crippen LogP contribution is -2.22. The van der Waals surface area contributed by atoms with Crippen LogP contribution in [0.25, 0.3) is 6.08 Å². The van der Waals surface area contributed by atoms with Gasteiger partial charge in [0.05, 0.1) is 0 Å². The first-order valence-electron chi connectivity index (χ1n) is 5.43. The van der Waals surface area contributed by atoms with Crippen LogP contribution in [0.4, 0.5) is 13.2 Å². The second-order valence-electron chi connectivity index (χ2n) is 3.79. The number of carbonyl (C=O) groups excluding carboxylic acids is 2. The Morgan fingerprint density at radius 2 is 1.79 bits per heavy atom. The molecule has 0 aromatic heterocycles. The van der Waals surface area contributed by atoms with Crippen LogP contribution in [0.1, 0.15) is 22.8 Å². The van der Waals surface area contributed by atoms with Crippen LogP contribution in [-0.2, 0) is 4.79 Å². The van der Waals surface area contributed by atoms with Crippen LogP contribution >= 0.6 is 0 Å². The third-order valence-corrected chi connectivity index (χ3v) is 2.21. The van der Waals surface area contributed by atoms with Gasteiger partial charge in [0, 0.05) is 19.0 Å². The Hall–Kier alpha value is -2.11. The van der Waals surface area contributed by atoms with E-state index in [-0.39, 0.29) is 5.91 Å². The second kappa shape index (κ2) is 6.17. The number of hydrogen-bond acceptors (Lipinski definition) is 2. The number of alkyl halides is 3. The fraction of sp³-hybridized carbons (Fsp3) is 0.231. The number of Topliss-reactive ketones (excluding diaryl/α,β-unsaturated/α-hetero) is 1. The van der Waals surface area contributed by atoms with Crippen molar-refractivity contribution in [3.05, 3.63) is 41.5 Å². The maximum absolute atomic E-state index is 12.2. The molecule has 0 bridgehead atoms. The lowest BCUT2D eigenvalue weighted by molar-refractivity contribution is -0.118. The Morgan fingerprint density at radius 3 is 2.26 bits per heavy atom. The van der Waals surface area contributed by atoms with Crippen molar-refractivity contribution in [2.45, 2.75) is 13.1 Å². The molecule has 1 rings (SSSR count). The highest BCUT2D eigenvalue weighted by Crippen LogP contribution is 2.21. The molecule has 1 N–H and O–H groups in total. The van der Waals surface area contributed by atoms with E-state index in [1.807, 2.05) is 0 Å². The number of amides is 1. The predicted molar refractivity (Wildman–Crippen MR) is 64.5 cm³/mol. The van der Waals surface area contributed by atoms with E-state index in [2.05, 4.69) is 5.32 Å². The fourth-order valence-corrected chi connectivity index (χ4v) is 1.31. The molecule has 0 aliphatic carbocycles. The zero-order valence-electron chi connectivity index (χ0n) is 10.1. The molecule has 0 saturated heterocycles. The number of hydrogen-bond donors (Lipinski definition) is 1. The monoisotopic (exact) mass is 271 g/mol. The molecule has 0 atom stereocenters. The van der Waals surface area contributed by atoms with E-state index in [0.717, 1.165) is 12.1 Å². The van der Waals surface area contributed by atoms with Crippen molar-refractivity contribution < 1.29 is 22.8 Å². The van der Waals surface area contributed by atoms with Crippen molar-refractivity contribution in [1.29, 1.82) is 0 Å². The van der Waals surface area contributed by atoms with Gasteiger partial charge in [-0.05, 0) is 5.56 Å². The van der Waals surface area contributed by atoms with Crippen LogP contribution in [0.3, 0.4) is 0 Å². The molecule has 1 amide bonds. The standard InChI is InChI=1S/C13H12F3NO2/c1-9(18)17-8-2-3-10-4-6-11(7-5-10)12(19)13(14,15)16/h2-7H,8H2,1H3,(H,17,18). The third kappa shape index (κ3) is 4.95. The summed E-state index contributed by atoms with van der Waals surface area (Å²) in [6.07, 6.45) is -1.57. The molecule has 19 heavy (non-hydrogen) atoms. The van der Waals surface area contributed by atoms with Crippen LogP contribution in [0.2, 0.25) is 0 Å². The molecule has 0 aliphatic rings. The number of halogens is 3. The quantitative estimate of drug-likeness (QED) is 0.855. The maximum Gasteiger partial charge on any atom is 0.454 e. The van der Waals surface area contributed by atoms with Gasteiger partial charge in [-0.25, -0.2) is 0 Å². The molecule has 102 valence electrons. The van der Waals surface area contributed by atoms with Crippen molar-refractivity contribution >= 4 is 17.8 Å². The Morgan fingerprint density at radius 1 is 1.21 bits per heavy atom. The molecular formula is C13H12F3NO2. The molecule has 0 fully saturated rings. The molecule has 3 nitrogen and oxygen atoms in total. The van der Waals surface area contributed by atoms with Crippen LogP contribution in [-0.4, -0.2) is 24.4 Å². The molecule has 0 saturated carbocycles. The number of benzene rings is 1. The summed E-state index contributed by atoms with van der Waals surface area (Å²) in [5.41, 5.74) is 0.246. The molecule has 0 spiro atoms. The molecule has 6 heteroatoms. The van der Waals surface area contributed by atoms with Gasteiger partial charge in [-0.15, -0.1) is 0 Å². The van der Waals surface area contributed by atoms with E-state index in [0.29, 0.717) is 12.1 Å². The molecule has 1 aromatic carbocycles. The molecule has 0 radical (unpaired) electrons. The summed E-state index contributed by atoms with van der Waals surface area (Å²) in [5, 5.41) is 2.54. The van der Waals surface area contributed by atoms with Crippen LogP contribution in [0.15, 0.2) is 30.3 Å². The average Bonchev–Trinajstić information content (AvgIpc) is 2.33. The van der Waals surface area contributed by atoms with Gasteiger partial charge in [0.15, 0.2) is 0 Å². The molecule has 1 aromatic rings. The van der Waals surface area contributed by atoms with Crippen LogP contribution in [0.5, 0.6) is 0 Å². The molecular weight excluding hydrogens is 259 g/mol. The maximum atomic E-state index is 12.2. The third-order valence-electron chi connectivity index (χ3n) is 2.21. The second-order valence-corrected chi connectivity index (χ2v) is 3.79. The minimum Gasteiger partial charge on any atom is -0.353 e. The van der Waals surface area contributed by atoms with Crippen LogP contribution < -0.4 is 5.32 Å².